The van der Waals surface area contributed by atoms with Gasteiger partial charge in [0.05, 0.1) is 6.61 Å². The van der Waals surface area contributed by atoms with Crippen LogP contribution in [0.25, 0.3) is 0 Å². The zero-order valence-electron chi connectivity index (χ0n) is 8.76. The number of amides is 1. The molecule has 0 aliphatic rings. The first-order chi connectivity index (χ1) is 6.63. The Balaban J connectivity index is 2.88. The van der Waals surface area contributed by atoms with Gasteiger partial charge in [0.15, 0.2) is 0 Å². The third-order valence-electron chi connectivity index (χ3n) is 1.81. The van der Waals surface area contributed by atoms with Crippen molar-refractivity contribution in [2.24, 2.45) is 0 Å². The average molecular weight is 193 g/mol. The van der Waals surface area contributed by atoms with Crippen molar-refractivity contribution in [3.63, 3.8) is 0 Å². The normalized spacial score (nSPS) is 9.64. The lowest BCUT2D eigenvalue weighted by Gasteiger charge is -2.09. The standard InChI is InChI=1S/C11H15NO2/c1-4-14-11-7-10(12-9(3)13)6-5-8(11)2/h5-7H,4H2,1-3H3,(H,12,13). The van der Waals surface area contributed by atoms with Crippen molar-refractivity contribution in [1.82, 2.24) is 0 Å². The Hall–Kier alpha value is -1.51. The van der Waals surface area contributed by atoms with Crippen LogP contribution in [0.4, 0.5) is 5.69 Å². The fraction of sp³-hybridized carbons (Fsp3) is 0.364. The van der Waals surface area contributed by atoms with Gasteiger partial charge < -0.3 is 10.1 Å². The molecule has 14 heavy (non-hydrogen) atoms. The zero-order chi connectivity index (χ0) is 10.6. The number of rotatable bonds is 3. The van der Waals surface area contributed by atoms with Gasteiger partial charge in [-0.05, 0) is 25.5 Å². The Morgan fingerprint density at radius 1 is 1.50 bits per heavy atom. The Morgan fingerprint density at radius 2 is 2.21 bits per heavy atom. The van der Waals surface area contributed by atoms with Crippen molar-refractivity contribution in [2.75, 3.05) is 11.9 Å². The van der Waals surface area contributed by atoms with Crippen LogP contribution in [0.1, 0.15) is 19.4 Å². The summed E-state index contributed by atoms with van der Waals surface area (Å²) in [6.45, 7) is 6.03. The van der Waals surface area contributed by atoms with E-state index in [-0.39, 0.29) is 5.91 Å². The first kappa shape index (κ1) is 10.6. The molecule has 0 spiro atoms. The first-order valence-electron chi connectivity index (χ1n) is 4.64. The molecular weight excluding hydrogens is 178 g/mol. The lowest BCUT2D eigenvalue weighted by atomic mass is 10.2. The molecular formula is C11H15NO2. The maximum atomic E-state index is 10.8. The molecule has 0 radical (unpaired) electrons. The first-order valence-corrected chi connectivity index (χ1v) is 4.64. The minimum absolute atomic E-state index is 0.0729. The second kappa shape index (κ2) is 4.65. The highest BCUT2D eigenvalue weighted by Gasteiger charge is 2.01. The lowest BCUT2D eigenvalue weighted by Crippen LogP contribution is -2.06. The molecule has 0 aromatic heterocycles. The third kappa shape index (κ3) is 2.76. The molecule has 0 heterocycles. The molecule has 1 aromatic rings. The SMILES string of the molecule is CCOc1cc(NC(C)=O)ccc1C. The van der Waals surface area contributed by atoms with Crippen molar-refractivity contribution in [3.8, 4) is 5.75 Å². The summed E-state index contributed by atoms with van der Waals surface area (Å²) in [5.74, 6) is 0.745. The number of carbonyl (C=O) groups is 1. The third-order valence-corrected chi connectivity index (χ3v) is 1.81. The second-order valence-electron chi connectivity index (χ2n) is 3.09. The predicted octanol–water partition coefficient (Wildman–Crippen LogP) is 2.35. The van der Waals surface area contributed by atoms with Gasteiger partial charge in [0.25, 0.3) is 0 Å². The Bertz CT molecular complexity index is 334. The van der Waals surface area contributed by atoms with Crippen molar-refractivity contribution in [2.45, 2.75) is 20.8 Å². The van der Waals surface area contributed by atoms with Gasteiger partial charge in [-0.15, -0.1) is 0 Å². The van der Waals surface area contributed by atoms with Gasteiger partial charge in [-0.2, -0.15) is 0 Å². The highest BCUT2D eigenvalue weighted by molar-refractivity contribution is 5.88. The van der Waals surface area contributed by atoms with Gasteiger partial charge >= 0.3 is 0 Å². The molecule has 3 nitrogen and oxygen atoms in total. The smallest absolute Gasteiger partial charge is 0.221 e. The van der Waals surface area contributed by atoms with Crippen LogP contribution in [0.15, 0.2) is 18.2 Å². The van der Waals surface area contributed by atoms with Gasteiger partial charge in [0, 0.05) is 18.7 Å². The number of benzene rings is 1. The number of carbonyl (C=O) groups excluding carboxylic acids is 1. The molecule has 0 aliphatic carbocycles. The van der Waals surface area contributed by atoms with E-state index in [1.165, 1.54) is 6.92 Å². The van der Waals surface area contributed by atoms with E-state index in [4.69, 9.17) is 4.74 Å². The maximum absolute atomic E-state index is 10.8. The largest absolute Gasteiger partial charge is 0.494 e. The summed E-state index contributed by atoms with van der Waals surface area (Å²) >= 11 is 0. The summed E-state index contributed by atoms with van der Waals surface area (Å²) in [5, 5.41) is 2.71. The van der Waals surface area contributed by atoms with E-state index in [0.29, 0.717) is 6.61 Å². The summed E-state index contributed by atoms with van der Waals surface area (Å²) in [6, 6.07) is 5.62. The number of nitrogens with one attached hydrogen (secondary N) is 1. The highest BCUT2D eigenvalue weighted by Crippen LogP contribution is 2.22. The molecule has 3 heteroatoms. The van der Waals surface area contributed by atoms with Crippen LogP contribution in [0.3, 0.4) is 0 Å². The van der Waals surface area contributed by atoms with Crippen LogP contribution < -0.4 is 10.1 Å². The summed E-state index contributed by atoms with van der Waals surface area (Å²) in [5.41, 5.74) is 1.84. The molecule has 1 amide bonds. The van der Waals surface area contributed by atoms with Gasteiger partial charge in [-0.3, -0.25) is 4.79 Å². The molecule has 1 aromatic carbocycles. The number of aryl methyl sites for hydroxylation is 1. The van der Waals surface area contributed by atoms with E-state index in [2.05, 4.69) is 5.32 Å². The fourth-order valence-corrected chi connectivity index (χ4v) is 1.19. The molecule has 0 aliphatic heterocycles. The molecule has 0 unspecified atom stereocenters. The topological polar surface area (TPSA) is 38.3 Å². The minimum atomic E-state index is -0.0729. The molecule has 0 atom stereocenters. The van der Waals surface area contributed by atoms with E-state index in [0.717, 1.165) is 17.0 Å². The van der Waals surface area contributed by atoms with E-state index < -0.39 is 0 Å². The minimum Gasteiger partial charge on any atom is -0.494 e. The zero-order valence-corrected chi connectivity index (χ0v) is 8.76. The predicted molar refractivity (Wildman–Crippen MR) is 56.7 cm³/mol. The molecule has 0 bridgehead atoms. The lowest BCUT2D eigenvalue weighted by molar-refractivity contribution is -0.114. The van der Waals surface area contributed by atoms with Gasteiger partial charge in [-0.25, -0.2) is 0 Å². The van der Waals surface area contributed by atoms with Gasteiger partial charge in [-0.1, -0.05) is 6.07 Å². The van der Waals surface area contributed by atoms with Gasteiger partial charge in [0.1, 0.15) is 5.75 Å². The number of ether oxygens (including phenoxy) is 1. The molecule has 0 saturated heterocycles. The van der Waals surface area contributed by atoms with E-state index in [9.17, 15) is 4.79 Å². The number of hydrogen-bond donors (Lipinski definition) is 1. The number of hydrogen-bond acceptors (Lipinski definition) is 2. The molecule has 0 fully saturated rings. The summed E-state index contributed by atoms with van der Waals surface area (Å²) in [6.07, 6.45) is 0. The van der Waals surface area contributed by atoms with Crippen LogP contribution in [-0.4, -0.2) is 12.5 Å². The van der Waals surface area contributed by atoms with Crippen LogP contribution in [0.5, 0.6) is 5.75 Å². The average Bonchev–Trinajstić information content (AvgIpc) is 2.10. The van der Waals surface area contributed by atoms with Crippen molar-refractivity contribution in [1.29, 1.82) is 0 Å². The van der Waals surface area contributed by atoms with Gasteiger partial charge in [0.2, 0.25) is 5.91 Å². The van der Waals surface area contributed by atoms with Crippen LogP contribution in [-0.2, 0) is 4.79 Å². The van der Waals surface area contributed by atoms with E-state index in [1.807, 2.05) is 32.0 Å². The summed E-state index contributed by atoms with van der Waals surface area (Å²) < 4.78 is 5.41. The molecule has 1 rings (SSSR count). The maximum Gasteiger partial charge on any atom is 0.221 e. The van der Waals surface area contributed by atoms with E-state index >= 15 is 0 Å². The number of anilines is 1. The molecule has 76 valence electrons. The molecule has 1 N–H and O–H groups in total. The van der Waals surface area contributed by atoms with Crippen LogP contribution >= 0.6 is 0 Å². The van der Waals surface area contributed by atoms with Crippen LogP contribution in [0.2, 0.25) is 0 Å². The Morgan fingerprint density at radius 3 is 2.79 bits per heavy atom. The van der Waals surface area contributed by atoms with Crippen LogP contribution in [0, 0.1) is 6.92 Å². The van der Waals surface area contributed by atoms with E-state index in [1.54, 1.807) is 0 Å². The van der Waals surface area contributed by atoms with Crippen molar-refractivity contribution < 1.29 is 9.53 Å². The highest BCUT2D eigenvalue weighted by atomic mass is 16.5. The monoisotopic (exact) mass is 193 g/mol. The fourth-order valence-electron chi connectivity index (χ4n) is 1.19. The summed E-state index contributed by atoms with van der Waals surface area (Å²) in [4.78, 5) is 10.8. The Labute approximate surface area is 84.1 Å². The quantitative estimate of drug-likeness (QED) is 0.800. The molecule has 0 saturated carbocycles. The summed E-state index contributed by atoms with van der Waals surface area (Å²) in [7, 11) is 0. The second-order valence-corrected chi connectivity index (χ2v) is 3.09. The Kier molecular flexibility index (Phi) is 3.51. The van der Waals surface area contributed by atoms with Crippen molar-refractivity contribution >= 4 is 11.6 Å². The van der Waals surface area contributed by atoms with Crippen molar-refractivity contribution in [3.05, 3.63) is 23.8 Å².